The van der Waals surface area contributed by atoms with Crippen LogP contribution in [0.2, 0.25) is 0 Å². The van der Waals surface area contributed by atoms with Crippen LogP contribution in [0.25, 0.3) is 0 Å². The van der Waals surface area contributed by atoms with Gasteiger partial charge in [-0.15, -0.1) is 11.3 Å². The summed E-state index contributed by atoms with van der Waals surface area (Å²) in [5, 5.41) is 4.70. The Bertz CT molecular complexity index is 694. The average Bonchev–Trinajstić information content (AvgIpc) is 3.27. The van der Waals surface area contributed by atoms with Gasteiger partial charge in [0, 0.05) is 11.6 Å². The first kappa shape index (κ1) is 16.6. The molecule has 1 aromatic heterocycles. The van der Waals surface area contributed by atoms with E-state index in [9.17, 15) is 14.0 Å². The standard InChI is InChI=1S/C18H18FNO3S/c19-13-9-7-12(8-10-13)16(17(21)20-14-4-1-2-5-14)23-18(22)15-6-3-11-24-15/h3,6-11,14,16H,1-2,4-5H2,(H,20,21). The van der Waals surface area contributed by atoms with Crippen molar-refractivity contribution in [1.82, 2.24) is 5.32 Å². The molecule has 1 saturated carbocycles. The molecule has 1 fully saturated rings. The van der Waals surface area contributed by atoms with Crippen LogP contribution in [-0.4, -0.2) is 17.9 Å². The van der Waals surface area contributed by atoms with E-state index >= 15 is 0 Å². The number of esters is 1. The normalized spacial score (nSPS) is 15.9. The molecule has 24 heavy (non-hydrogen) atoms. The summed E-state index contributed by atoms with van der Waals surface area (Å²) >= 11 is 1.25. The second kappa shape index (κ2) is 7.57. The molecule has 1 unspecified atom stereocenters. The van der Waals surface area contributed by atoms with Gasteiger partial charge in [-0.3, -0.25) is 4.79 Å². The third-order valence-electron chi connectivity index (χ3n) is 4.06. The van der Waals surface area contributed by atoms with E-state index in [4.69, 9.17) is 4.74 Å². The number of hydrogen-bond acceptors (Lipinski definition) is 4. The number of hydrogen-bond donors (Lipinski definition) is 1. The number of halogens is 1. The molecular weight excluding hydrogens is 329 g/mol. The molecule has 0 spiro atoms. The maximum Gasteiger partial charge on any atom is 0.349 e. The van der Waals surface area contributed by atoms with Crippen molar-refractivity contribution in [1.29, 1.82) is 0 Å². The number of nitrogens with one attached hydrogen (secondary N) is 1. The lowest BCUT2D eigenvalue weighted by atomic mass is 10.1. The highest BCUT2D eigenvalue weighted by Gasteiger charge is 2.28. The van der Waals surface area contributed by atoms with Crippen molar-refractivity contribution in [3.63, 3.8) is 0 Å². The summed E-state index contributed by atoms with van der Waals surface area (Å²) in [7, 11) is 0. The van der Waals surface area contributed by atoms with Crippen molar-refractivity contribution in [2.45, 2.75) is 37.8 Å². The highest BCUT2D eigenvalue weighted by molar-refractivity contribution is 7.11. The highest BCUT2D eigenvalue weighted by atomic mass is 32.1. The van der Waals surface area contributed by atoms with E-state index in [0.29, 0.717) is 10.4 Å². The lowest BCUT2D eigenvalue weighted by Gasteiger charge is -2.20. The molecule has 3 rings (SSSR count). The molecule has 1 atom stereocenters. The van der Waals surface area contributed by atoms with Gasteiger partial charge in [-0.1, -0.05) is 31.0 Å². The Morgan fingerprint density at radius 3 is 2.50 bits per heavy atom. The molecule has 0 aliphatic heterocycles. The van der Waals surface area contributed by atoms with Gasteiger partial charge in [-0.25, -0.2) is 9.18 Å². The van der Waals surface area contributed by atoms with E-state index in [0.717, 1.165) is 25.7 Å². The molecule has 1 aliphatic carbocycles. The predicted molar refractivity (Wildman–Crippen MR) is 89.3 cm³/mol. The zero-order valence-corrected chi connectivity index (χ0v) is 13.9. The Morgan fingerprint density at radius 2 is 1.88 bits per heavy atom. The largest absolute Gasteiger partial charge is 0.443 e. The summed E-state index contributed by atoms with van der Waals surface area (Å²) < 4.78 is 18.6. The molecule has 2 aromatic rings. The van der Waals surface area contributed by atoms with Gasteiger partial charge in [0.05, 0.1) is 0 Å². The Morgan fingerprint density at radius 1 is 1.17 bits per heavy atom. The molecular formula is C18H18FNO3S. The van der Waals surface area contributed by atoms with Crippen LogP contribution >= 0.6 is 11.3 Å². The molecule has 0 saturated heterocycles. The first-order valence-electron chi connectivity index (χ1n) is 7.94. The third kappa shape index (κ3) is 4.00. The maximum atomic E-state index is 13.2. The Balaban J connectivity index is 1.78. The fourth-order valence-electron chi connectivity index (χ4n) is 2.82. The second-order valence-electron chi connectivity index (χ2n) is 5.80. The molecule has 1 N–H and O–H groups in total. The Kier molecular flexibility index (Phi) is 5.25. The van der Waals surface area contributed by atoms with E-state index < -0.39 is 17.9 Å². The van der Waals surface area contributed by atoms with Crippen LogP contribution in [0.15, 0.2) is 41.8 Å². The van der Waals surface area contributed by atoms with Crippen LogP contribution < -0.4 is 5.32 Å². The summed E-state index contributed by atoms with van der Waals surface area (Å²) in [6, 6.07) is 8.94. The number of rotatable bonds is 5. The van der Waals surface area contributed by atoms with E-state index in [2.05, 4.69) is 5.32 Å². The Labute approximate surface area is 143 Å². The van der Waals surface area contributed by atoms with E-state index in [1.165, 1.54) is 35.6 Å². The van der Waals surface area contributed by atoms with Gasteiger partial charge in [0.1, 0.15) is 10.7 Å². The van der Waals surface area contributed by atoms with Crippen molar-refractivity contribution in [3.05, 3.63) is 58.0 Å². The smallest absolute Gasteiger partial charge is 0.349 e. The molecule has 126 valence electrons. The first-order valence-corrected chi connectivity index (χ1v) is 8.82. The van der Waals surface area contributed by atoms with Crippen LogP contribution in [0.3, 0.4) is 0 Å². The van der Waals surface area contributed by atoms with Gasteiger partial charge in [0.15, 0.2) is 0 Å². The van der Waals surface area contributed by atoms with E-state index in [-0.39, 0.29) is 11.9 Å². The van der Waals surface area contributed by atoms with Crippen molar-refractivity contribution in [2.75, 3.05) is 0 Å². The van der Waals surface area contributed by atoms with Crippen molar-refractivity contribution in [2.24, 2.45) is 0 Å². The van der Waals surface area contributed by atoms with Crippen molar-refractivity contribution in [3.8, 4) is 0 Å². The van der Waals surface area contributed by atoms with Gasteiger partial charge in [0.2, 0.25) is 6.10 Å². The predicted octanol–water partition coefficient (Wildman–Crippen LogP) is 3.84. The summed E-state index contributed by atoms with van der Waals surface area (Å²) in [5.41, 5.74) is 0.455. The Hall–Kier alpha value is -2.21. The first-order chi connectivity index (χ1) is 11.6. The zero-order valence-electron chi connectivity index (χ0n) is 13.0. The van der Waals surface area contributed by atoms with Crippen LogP contribution in [0.4, 0.5) is 4.39 Å². The second-order valence-corrected chi connectivity index (χ2v) is 6.75. The number of ether oxygens (including phenoxy) is 1. The lowest BCUT2D eigenvalue weighted by Crippen LogP contribution is -2.38. The minimum absolute atomic E-state index is 0.112. The average molecular weight is 347 g/mol. The monoisotopic (exact) mass is 347 g/mol. The number of carbonyl (C=O) groups is 2. The molecule has 6 heteroatoms. The molecule has 1 amide bonds. The molecule has 4 nitrogen and oxygen atoms in total. The van der Waals surface area contributed by atoms with Crippen molar-refractivity contribution >= 4 is 23.2 Å². The number of amides is 1. The molecule has 1 heterocycles. The summed E-state index contributed by atoms with van der Waals surface area (Å²) in [6.45, 7) is 0. The van der Waals surface area contributed by atoms with Crippen LogP contribution in [0.1, 0.15) is 47.0 Å². The third-order valence-corrected chi connectivity index (χ3v) is 4.91. The van der Waals surface area contributed by atoms with Gasteiger partial charge in [0.25, 0.3) is 5.91 Å². The minimum Gasteiger partial charge on any atom is -0.443 e. The number of benzene rings is 1. The summed E-state index contributed by atoms with van der Waals surface area (Å²) in [6.07, 6.45) is 2.95. The molecule has 0 bridgehead atoms. The van der Waals surface area contributed by atoms with Gasteiger partial charge < -0.3 is 10.1 Å². The van der Waals surface area contributed by atoms with Crippen LogP contribution in [-0.2, 0) is 9.53 Å². The van der Waals surface area contributed by atoms with E-state index in [1.54, 1.807) is 17.5 Å². The molecule has 1 aliphatic rings. The lowest BCUT2D eigenvalue weighted by molar-refractivity contribution is -0.131. The van der Waals surface area contributed by atoms with Gasteiger partial charge >= 0.3 is 5.97 Å². The topological polar surface area (TPSA) is 55.4 Å². The van der Waals surface area contributed by atoms with E-state index in [1.807, 2.05) is 0 Å². The van der Waals surface area contributed by atoms with Crippen LogP contribution in [0.5, 0.6) is 0 Å². The zero-order chi connectivity index (χ0) is 16.9. The fraction of sp³-hybridized carbons (Fsp3) is 0.333. The summed E-state index contributed by atoms with van der Waals surface area (Å²) in [4.78, 5) is 25.3. The quantitative estimate of drug-likeness (QED) is 0.836. The molecule has 1 aromatic carbocycles. The SMILES string of the molecule is O=C(OC(C(=O)NC1CCCC1)c1ccc(F)cc1)c1cccs1. The summed E-state index contributed by atoms with van der Waals surface area (Å²) in [5.74, 6) is -1.32. The maximum absolute atomic E-state index is 13.2. The molecule has 0 radical (unpaired) electrons. The minimum atomic E-state index is -1.08. The van der Waals surface area contributed by atoms with Crippen molar-refractivity contribution < 1.29 is 18.7 Å². The number of carbonyl (C=O) groups excluding carboxylic acids is 2. The highest BCUT2D eigenvalue weighted by Crippen LogP contribution is 2.24. The van der Waals surface area contributed by atoms with Gasteiger partial charge in [-0.2, -0.15) is 0 Å². The van der Waals surface area contributed by atoms with Crippen LogP contribution in [0, 0.1) is 5.82 Å². The van der Waals surface area contributed by atoms with Gasteiger partial charge in [-0.05, 0) is 36.4 Å². The number of thiophene rings is 1. The fourth-order valence-corrected chi connectivity index (χ4v) is 3.42.